The van der Waals surface area contributed by atoms with Gasteiger partial charge in [0.1, 0.15) is 0 Å². The molecule has 0 heterocycles. The molecule has 2 rings (SSSR count). The van der Waals surface area contributed by atoms with E-state index in [0.29, 0.717) is 11.3 Å². The first-order valence-corrected chi connectivity index (χ1v) is 6.62. The lowest BCUT2D eigenvalue weighted by Crippen LogP contribution is -2.18. The lowest BCUT2D eigenvalue weighted by Gasteiger charge is -2.13. The first kappa shape index (κ1) is 13.9. The van der Waals surface area contributed by atoms with E-state index in [9.17, 15) is 4.79 Å². The quantitative estimate of drug-likeness (QED) is 0.748. The van der Waals surface area contributed by atoms with Crippen molar-refractivity contribution in [2.75, 3.05) is 18.1 Å². The van der Waals surface area contributed by atoms with Crippen LogP contribution in [0.4, 0.5) is 17.1 Å². The van der Waals surface area contributed by atoms with Crippen LogP contribution in [-0.2, 0) is 6.42 Å². The van der Waals surface area contributed by atoms with E-state index in [0.717, 1.165) is 17.8 Å². The van der Waals surface area contributed by atoms with Crippen molar-refractivity contribution in [2.24, 2.45) is 0 Å². The zero-order valence-corrected chi connectivity index (χ0v) is 11.7. The lowest BCUT2D eigenvalue weighted by molar-refractivity contribution is 0.0963. The molecule has 0 atom stereocenters. The summed E-state index contributed by atoms with van der Waals surface area (Å²) in [5, 5.41) is 5.91. The Kier molecular flexibility index (Phi) is 4.25. The van der Waals surface area contributed by atoms with Gasteiger partial charge < -0.3 is 16.4 Å². The molecule has 0 aliphatic rings. The van der Waals surface area contributed by atoms with Gasteiger partial charge in [0.25, 0.3) is 5.91 Å². The molecule has 4 N–H and O–H groups in total. The Morgan fingerprint density at radius 2 is 1.90 bits per heavy atom. The van der Waals surface area contributed by atoms with Gasteiger partial charge in [-0.2, -0.15) is 0 Å². The SMILES string of the molecule is CCc1ccccc1Nc1cc(C(=O)NC)ccc1N. The van der Waals surface area contributed by atoms with Crippen molar-refractivity contribution < 1.29 is 4.79 Å². The monoisotopic (exact) mass is 269 g/mol. The summed E-state index contributed by atoms with van der Waals surface area (Å²) in [6.45, 7) is 2.10. The van der Waals surface area contributed by atoms with Crippen LogP contribution in [0.25, 0.3) is 0 Å². The molecule has 0 fully saturated rings. The molecular weight excluding hydrogens is 250 g/mol. The maximum Gasteiger partial charge on any atom is 0.251 e. The third-order valence-corrected chi connectivity index (χ3v) is 3.21. The van der Waals surface area contributed by atoms with E-state index in [1.54, 1.807) is 25.2 Å². The Balaban J connectivity index is 2.35. The van der Waals surface area contributed by atoms with Crippen LogP contribution in [-0.4, -0.2) is 13.0 Å². The number of hydrogen-bond donors (Lipinski definition) is 3. The van der Waals surface area contributed by atoms with Crippen molar-refractivity contribution in [1.82, 2.24) is 5.32 Å². The number of aryl methyl sites for hydroxylation is 1. The van der Waals surface area contributed by atoms with E-state index in [1.165, 1.54) is 5.56 Å². The number of amides is 1. The standard InChI is InChI=1S/C16H19N3O/c1-3-11-6-4-5-7-14(11)19-15-10-12(16(20)18-2)8-9-13(15)17/h4-10,19H,3,17H2,1-2H3,(H,18,20). The topological polar surface area (TPSA) is 67.2 Å². The highest BCUT2D eigenvalue weighted by atomic mass is 16.1. The summed E-state index contributed by atoms with van der Waals surface area (Å²) in [6, 6.07) is 13.3. The van der Waals surface area contributed by atoms with Gasteiger partial charge in [0.05, 0.1) is 11.4 Å². The highest BCUT2D eigenvalue weighted by molar-refractivity contribution is 5.96. The Hall–Kier alpha value is -2.49. The Morgan fingerprint density at radius 3 is 2.60 bits per heavy atom. The van der Waals surface area contributed by atoms with Crippen LogP contribution in [0.5, 0.6) is 0 Å². The molecule has 0 aromatic heterocycles. The normalized spacial score (nSPS) is 10.1. The Bertz CT molecular complexity index is 623. The molecule has 0 spiro atoms. The fourth-order valence-corrected chi connectivity index (χ4v) is 2.05. The maximum atomic E-state index is 11.7. The van der Waals surface area contributed by atoms with Gasteiger partial charge in [0, 0.05) is 18.3 Å². The summed E-state index contributed by atoms with van der Waals surface area (Å²) >= 11 is 0. The molecule has 0 aliphatic carbocycles. The van der Waals surface area contributed by atoms with Crippen molar-refractivity contribution in [2.45, 2.75) is 13.3 Å². The second-order valence-electron chi connectivity index (χ2n) is 4.52. The minimum Gasteiger partial charge on any atom is -0.397 e. The fraction of sp³-hybridized carbons (Fsp3) is 0.188. The van der Waals surface area contributed by atoms with Gasteiger partial charge in [-0.3, -0.25) is 4.79 Å². The Labute approximate surface area is 119 Å². The van der Waals surface area contributed by atoms with Crippen molar-refractivity contribution in [3.05, 3.63) is 53.6 Å². The molecule has 0 aliphatic heterocycles. The zero-order chi connectivity index (χ0) is 14.5. The molecule has 104 valence electrons. The van der Waals surface area contributed by atoms with E-state index in [1.807, 2.05) is 18.2 Å². The number of nitrogen functional groups attached to an aromatic ring is 1. The molecule has 4 heteroatoms. The van der Waals surface area contributed by atoms with E-state index in [4.69, 9.17) is 5.73 Å². The molecular formula is C16H19N3O. The van der Waals surface area contributed by atoms with Crippen LogP contribution < -0.4 is 16.4 Å². The van der Waals surface area contributed by atoms with Crippen LogP contribution in [0, 0.1) is 0 Å². The number of anilines is 3. The second kappa shape index (κ2) is 6.10. The van der Waals surface area contributed by atoms with Crippen molar-refractivity contribution in [1.29, 1.82) is 0 Å². The fourth-order valence-electron chi connectivity index (χ4n) is 2.05. The maximum absolute atomic E-state index is 11.7. The average Bonchev–Trinajstić information content (AvgIpc) is 2.49. The Morgan fingerprint density at radius 1 is 1.15 bits per heavy atom. The van der Waals surface area contributed by atoms with Crippen molar-refractivity contribution >= 4 is 23.0 Å². The van der Waals surface area contributed by atoms with E-state index in [-0.39, 0.29) is 5.91 Å². The predicted molar refractivity (Wildman–Crippen MR) is 83.3 cm³/mol. The van der Waals surface area contributed by atoms with Gasteiger partial charge in [-0.15, -0.1) is 0 Å². The van der Waals surface area contributed by atoms with Crippen LogP contribution in [0.3, 0.4) is 0 Å². The molecule has 0 unspecified atom stereocenters. The summed E-state index contributed by atoms with van der Waals surface area (Å²) < 4.78 is 0. The third kappa shape index (κ3) is 2.91. The summed E-state index contributed by atoms with van der Waals surface area (Å²) in [4.78, 5) is 11.7. The number of benzene rings is 2. The van der Waals surface area contributed by atoms with Gasteiger partial charge in [-0.25, -0.2) is 0 Å². The van der Waals surface area contributed by atoms with Crippen molar-refractivity contribution in [3.8, 4) is 0 Å². The smallest absolute Gasteiger partial charge is 0.251 e. The molecule has 4 nitrogen and oxygen atoms in total. The predicted octanol–water partition coefficient (Wildman–Crippen LogP) is 2.93. The van der Waals surface area contributed by atoms with Gasteiger partial charge in [-0.05, 0) is 36.2 Å². The third-order valence-electron chi connectivity index (χ3n) is 3.21. The number of rotatable bonds is 4. The molecule has 0 bridgehead atoms. The summed E-state index contributed by atoms with van der Waals surface area (Å²) in [7, 11) is 1.61. The van der Waals surface area contributed by atoms with Crippen LogP contribution in [0.2, 0.25) is 0 Å². The lowest BCUT2D eigenvalue weighted by atomic mass is 10.1. The minimum absolute atomic E-state index is 0.128. The minimum atomic E-state index is -0.128. The number of hydrogen-bond acceptors (Lipinski definition) is 3. The van der Waals surface area contributed by atoms with Crippen LogP contribution in [0.15, 0.2) is 42.5 Å². The highest BCUT2D eigenvalue weighted by Gasteiger charge is 2.08. The van der Waals surface area contributed by atoms with E-state index >= 15 is 0 Å². The van der Waals surface area contributed by atoms with Gasteiger partial charge in [-0.1, -0.05) is 25.1 Å². The molecule has 0 saturated carbocycles. The molecule has 20 heavy (non-hydrogen) atoms. The first-order valence-electron chi connectivity index (χ1n) is 6.62. The number of nitrogens with one attached hydrogen (secondary N) is 2. The van der Waals surface area contributed by atoms with Gasteiger partial charge in [0.2, 0.25) is 0 Å². The summed E-state index contributed by atoms with van der Waals surface area (Å²) in [5.41, 5.74) is 10.1. The molecule has 0 saturated heterocycles. The van der Waals surface area contributed by atoms with Gasteiger partial charge in [0.15, 0.2) is 0 Å². The highest BCUT2D eigenvalue weighted by Crippen LogP contribution is 2.26. The summed E-state index contributed by atoms with van der Waals surface area (Å²) in [5.74, 6) is -0.128. The number of carbonyl (C=O) groups is 1. The molecule has 2 aromatic carbocycles. The first-order chi connectivity index (χ1) is 9.65. The van der Waals surface area contributed by atoms with Crippen molar-refractivity contribution in [3.63, 3.8) is 0 Å². The second-order valence-corrected chi connectivity index (χ2v) is 4.52. The van der Waals surface area contributed by atoms with Crippen LogP contribution in [0.1, 0.15) is 22.8 Å². The number of carbonyl (C=O) groups excluding carboxylic acids is 1. The van der Waals surface area contributed by atoms with E-state index in [2.05, 4.69) is 23.6 Å². The average molecular weight is 269 g/mol. The molecule has 2 aromatic rings. The van der Waals surface area contributed by atoms with Crippen LogP contribution >= 0.6 is 0 Å². The molecule has 1 amide bonds. The summed E-state index contributed by atoms with van der Waals surface area (Å²) in [6.07, 6.45) is 0.929. The van der Waals surface area contributed by atoms with E-state index < -0.39 is 0 Å². The number of para-hydroxylation sites is 1. The zero-order valence-electron chi connectivity index (χ0n) is 11.7. The van der Waals surface area contributed by atoms with Gasteiger partial charge >= 0.3 is 0 Å². The number of nitrogens with two attached hydrogens (primary N) is 1. The largest absolute Gasteiger partial charge is 0.397 e. The molecule has 0 radical (unpaired) electrons.